The van der Waals surface area contributed by atoms with Crippen LogP contribution in [-0.4, -0.2) is 5.97 Å². The Balaban J connectivity index is 0.00000169. The average Bonchev–Trinajstić information content (AvgIpc) is 2.08. The van der Waals surface area contributed by atoms with Crippen molar-refractivity contribution in [1.82, 2.24) is 0 Å². The van der Waals surface area contributed by atoms with Crippen LogP contribution in [0.25, 0.3) is 0 Å². The van der Waals surface area contributed by atoms with Crippen molar-refractivity contribution in [2.75, 3.05) is 0 Å². The van der Waals surface area contributed by atoms with Gasteiger partial charge in [0.25, 0.3) is 0 Å². The molecule has 0 radical (unpaired) electrons. The molecule has 14 heavy (non-hydrogen) atoms. The van der Waals surface area contributed by atoms with Crippen LogP contribution in [0.15, 0.2) is 24.3 Å². The number of hydrogen-bond acceptors (Lipinski definition) is 2. The molecule has 0 N–H and O–H groups in total. The van der Waals surface area contributed by atoms with Gasteiger partial charge in [-0.3, -0.25) is 0 Å². The zero-order chi connectivity index (χ0) is 9.68. The van der Waals surface area contributed by atoms with E-state index in [0.29, 0.717) is 11.4 Å². The Morgan fingerprint density at radius 3 is 2.36 bits per heavy atom. The van der Waals surface area contributed by atoms with Gasteiger partial charge in [0.05, 0.1) is 0 Å². The van der Waals surface area contributed by atoms with E-state index in [1.807, 2.05) is 12.1 Å². The van der Waals surface area contributed by atoms with Crippen molar-refractivity contribution >= 4 is 17.6 Å². The summed E-state index contributed by atoms with van der Waals surface area (Å²) in [6.45, 7) is 0. The first-order valence-corrected chi connectivity index (χ1v) is 4.50. The molecule has 1 rings (SSSR count). The molecule has 1 aromatic carbocycles. The third-order valence-electron chi connectivity index (χ3n) is 1.76. The number of hydrogen-bond donors (Lipinski definition) is 0. The molecule has 1 aromatic rings. The van der Waals surface area contributed by atoms with Crippen molar-refractivity contribution in [2.24, 2.45) is 0 Å². The summed E-state index contributed by atoms with van der Waals surface area (Å²) in [6.07, 6.45) is 1.48. The molecule has 0 aliphatic carbocycles. The minimum atomic E-state index is -0.992. The van der Waals surface area contributed by atoms with E-state index in [1.54, 1.807) is 12.1 Å². The fraction of sp³-hybridized carbons (Fsp3) is 0.300. The molecule has 0 bridgehead atoms. The van der Waals surface area contributed by atoms with E-state index < -0.39 is 5.97 Å². The first-order valence-electron chi connectivity index (χ1n) is 4.13. The summed E-state index contributed by atoms with van der Waals surface area (Å²) in [5.74, 6) is -0.992. The topological polar surface area (TPSA) is 40.1 Å². The molecule has 0 aliphatic heterocycles. The molecular formula is C10H10ClNaO2. The number of carbonyl (C=O) groups excluding carboxylic acids is 1. The van der Waals surface area contributed by atoms with Crippen LogP contribution in [0, 0.1) is 0 Å². The molecule has 0 aromatic heterocycles. The standard InChI is InChI=1S/C10H11ClO2.Na/c11-9-6-4-8(5-7-9)2-1-3-10(12)13;/h4-7H,1-3H2,(H,12,13);/q;+1/p-1. The molecule has 0 heterocycles. The number of benzene rings is 1. The van der Waals surface area contributed by atoms with Crippen LogP contribution in [0.4, 0.5) is 0 Å². The van der Waals surface area contributed by atoms with E-state index in [9.17, 15) is 9.90 Å². The predicted octanol–water partition coefficient (Wildman–Crippen LogP) is -1.58. The van der Waals surface area contributed by atoms with Crippen LogP contribution >= 0.6 is 11.6 Å². The second-order valence-electron chi connectivity index (χ2n) is 2.85. The summed E-state index contributed by atoms with van der Waals surface area (Å²) in [6, 6.07) is 7.40. The maximum atomic E-state index is 10.1. The average molecular weight is 221 g/mol. The van der Waals surface area contributed by atoms with Crippen LogP contribution in [0.5, 0.6) is 0 Å². The fourth-order valence-electron chi connectivity index (χ4n) is 1.09. The summed E-state index contributed by atoms with van der Waals surface area (Å²) in [4.78, 5) is 10.1. The fourth-order valence-corrected chi connectivity index (χ4v) is 1.21. The molecule has 70 valence electrons. The Hall–Kier alpha value is -0.0200. The molecule has 0 atom stereocenters. The number of carboxylic acid groups (broad SMARTS) is 1. The summed E-state index contributed by atoms with van der Waals surface area (Å²) in [7, 11) is 0. The molecule has 0 unspecified atom stereocenters. The van der Waals surface area contributed by atoms with E-state index in [0.717, 1.165) is 12.0 Å². The molecule has 0 spiro atoms. The quantitative estimate of drug-likeness (QED) is 0.575. The van der Waals surface area contributed by atoms with Gasteiger partial charge >= 0.3 is 29.6 Å². The summed E-state index contributed by atoms with van der Waals surface area (Å²) >= 11 is 5.69. The van der Waals surface area contributed by atoms with Crippen molar-refractivity contribution in [1.29, 1.82) is 0 Å². The van der Waals surface area contributed by atoms with Crippen molar-refractivity contribution in [3.05, 3.63) is 34.9 Å². The van der Waals surface area contributed by atoms with Crippen LogP contribution < -0.4 is 34.7 Å². The van der Waals surface area contributed by atoms with Gasteiger partial charge in [-0.25, -0.2) is 0 Å². The van der Waals surface area contributed by atoms with Gasteiger partial charge in [0.1, 0.15) is 0 Å². The smallest absolute Gasteiger partial charge is 0.550 e. The van der Waals surface area contributed by atoms with E-state index in [2.05, 4.69) is 0 Å². The van der Waals surface area contributed by atoms with Crippen LogP contribution in [0.2, 0.25) is 5.02 Å². The Morgan fingerprint density at radius 2 is 1.86 bits per heavy atom. The van der Waals surface area contributed by atoms with Crippen LogP contribution in [-0.2, 0) is 11.2 Å². The van der Waals surface area contributed by atoms with E-state index in [4.69, 9.17) is 11.6 Å². The number of aliphatic carboxylic acids is 1. The number of aryl methyl sites for hydroxylation is 1. The second-order valence-corrected chi connectivity index (χ2v) is 3.29. The van der Waals surface area contributed by atoms with Crippen LogP contribution in [0.1, 0.15) is 18.4 Å². The van der Waals surface area contributed by atoms with Gasteiger partial charge in [-0.15, -0.1) is 0 Å². The third-order valence-corrected chi connectivity index (χ3v) is 2.01. The number of rotatable bonds is 4. The van der Waals surface area contributed by atoms with E-state index in [-0.39, 0.29) is 36.0 Å². The molecule has 0 fully saturated rings. The van der Waals surface area contributed by atoms with E-state index in [1.165, 1.54) is 0 Å². The zero-order valence-corrected chi connectivity index (χ0v) is 10.9. The minimum Gasteiger partial charge on any atom is -0.550 e. The first-order chi connectivity index (χ1) is 6.18. The Labute approximate surface area is 111 Å². The van der Waals surface area contributed by atoms with Gasteiger partial charge in [-0.1, -0.05) is 23.7 Å². The van der Waals surface area contributed by atoms with Crippen molar-refractivity contribution in [3.63, 3.8) is 0 Å². The maximum Gasteiger partial charge on any atom is 1.00 e. The van der Waals surface area contributed by atoms with Gasteiger partial charge in [0, 0.05) is 11.0 Å². The molecule has 2 nitrogen and oxygen atoms in total. The Kier molecular flexibility index (Phi) is 7.28. The van der Waals surface area contributed by atoms with Gasteiger partial charge < -0.3 is 9.90 Å². The van der Waals surface area contributed by atoms with Crippen molar-refractivity contribution in [2.45, 2.75) is 19.3 Å². The SMILES string of the molecule is O=C([O-])CCCc1ccc(Cl)cc1.[Na+]. The molecular weight excluding hydrogens is 211 g/mol. The maximum absolute atomic E-state index is 10.1. The van der Waals surface area contributed by atoms with Gasteiger partial charge in [-0.05, 0) is 37.0 Å². The molecule has 0 saturated heterocycles. The van der Waals surface area contributed by atoms with Crippen LogP contribution in [0.3, 0.4) is 0 Å². The molecule has 0 amide bonds. The summed E-state index contributed by atoms with van der Waals surface area (Å²) in [5.41, 5.74) is 1.10. The number of carbonyl (C=O) groups is 1. The number of carboxylic acids is 1. The van der Waals surface area contributed by atoms with Crippen molar-refractivity contribution < 1.29 is 39.5 Å². The largest absolute Gasteiger partial charge is 1.00 e. The minimum absolute atomic E-state index is 0. The predicted molar refractivity (Wildman–Crippen MR) is 49.4 cm³/mol. The van der Waals surface area contributed by atoms with Gasteiger partial charge in [0.15, 0.2) is 0 Å². The normalized spacial score (nSPS) is 9.21. The van der Waals surface area contributed by atoms with Gasteiger partial charge in [0.2, 0.25) is 0 Å². The zero-order valence-electron chi connectivity index (χ0n) is 8.13. The van der Waals surface area contributed by atoms with Crippen molar-refractivity contribution in [3.8, 4) is 0 Å². The Bertz CT molecular complexity index is 285. The third kappa shape index (κ3) is 5.66. The molecule has 4 heteroatoms. The first kappa shape index (κ1) is 14.0. The van der Waals surface area contributed by atoms with Gasteiger partial charge in [-0.2, -0.15) is 0 Å². The van der Waals surface area contributed by atoms with E-state index >= 15 is 0 Å². The number of halogens is 1. The molecule has 0 saturated carbocycles. The monoisotopic (exact) mass is 220 g/mol. The Morgan fingerprint density at radius 1 is 1.29 bits per heavy atom. The summed E-state index contributed by atoms with van der Waals surface area (Å²) in [5, 5.41) is 10.8. The second kappa shape index (κ2) is 7.30. The molecule has 0 aliphatic rings. The summed E-state index contributed by atoms with van der Waals surface area (Å²) < 4.78 is 0.